The maximum Gasteiger partial charge on any atom is 0.416 e. The van der Waals surface area contributed by atoms with Gasteiger partial charge in [-0.15, -0.1) is 0 Å². The number of aryl methyl sites for hydroxylation is 2. The summed E-state index contributed by atoms with van der Waals surface area (Å²) in [5, 5.41) is 3.13. The molecule has 1 N–H and O–H groups in total. The number of aromatic nitrogens is 3. The Kier molecular flexibility index (Phi) is 4.91. The van der Waals surface area contributed by atoms with Gasteiger partial charge in [0.15, 0.2) is 5.82 Å². The summed E-state index contributed by atoms with van der Waals surface area (Å²) < 4.78 is 40.9. The Bertz CT molecular complexity index is 1090. The van der Waals surface area contributed by atoms with Crippen LogP contribution in [0.2, 0.25) is 0 Å². The highest BCUT2D eigenvalue weighted by molar-refractivity contribution is 5.89. The maximum absolute atomic E-state index is 13.1. The number of nitrogens with one attached hydrogen (secondary N) is 1. The minimum Gasteiger partial charge on any atom is -0.341 e. The van der Waals surface area contributed by atoms with E-state index in [1.54, 1.807) is 41.9 Å². The lowest BCUT2D eigenvalue weighted by molar-refractivity contribution is -0.137. The molecule has 9 heteroatoms. The van der Waals surface area contributed by atoms with E-state index >= 15 is 0 Å². The monoisotopic (exact) mass is 417 g/mol. The number of carbonyl (C=O) groups is 1. The quantitative estimate of drug-likeness (QED) is 0.667. The Morgan fingerprint density at radius 2 is 1.90 bits per heavy atom. The van der Waals surface area contributed by atoms with Crippen LogP contribution in [0.15, 0.2) is 30.7 Å². The highest BCUT2D eigenvalue weighted by atomic mass is 19.4. The zero-order valence-electron chi connectivity index (χ0n) is 16.9. The van der Waals surface area contributed by atoms with Crippen LogP contribution >= 0.6 is 0 Å². The Morgan fingerprint density at radius 1 is 1.23 bits per heavy atom. The first-order valence-electron chi connectivity index (χ1n) is 9.66. The SMILES string of the molecule is Cc1cc(C(F)(F)F)cc(C)c1Nc1nccc2c1ncn2CC(=O)N(C)C1CC1. The van der Waals surface area contributed by atoms with Crippen molar-refractivity contribution < 1.29 is 18.0 Å². The minimum absolute atomic E-state index is 0.0116. The van der Waals surface area contributed by atoms with Crippen molar-refractivity contribution in [3.8, 4) is 0 Å². The fraction of sp³-hybridized carbons (Fsp3) is 0.381. The molecule has 0 radical (unpaired) electrons. The van der Waals surface area contributed by atoms with E-state index in [0.29, 0.717) is 34.2 Å². The molecular weight excluding hydrogens is 395 g/mol. The van der Waals surface area contributed by atoms with Gasteiger partial charge in [0.05, 0.1) is 17.4 Å². The van der Waals surface area contributed by atoms with E-state index < -0.39 is 11.7 Å². The highest BCUT2D eigenvalue weighted by Crippen LogP contribution is 2.35. The molecule has 1 aromatic carbocycles. The van der Waals surface area contributed by atoms with Gasteiger partial charge >= 0.3 is 6.18 Å². The Labute approximate surface area is 171 Å². The van der Waals surface area contributed by atoms with Crippen molar-refractivity contribution in [3.05, 3.63) is 47.4 Å². The van der Waals surface area contributed by atoms with Crippen molar-refractivity contribution in [3.63, 3.8) is 0 Å². The molecule has 1 aliphatic carbocycles. The molecule has 6 nitrogen and oxygen atoms in total. The third-order valence-electron chi connectivity index (χ3n) is 5.44. The topological polar surface area (TPSA) is 63.1 Å². The van der Waals surface area contributed by atoms with Crippen LogP contribution in [0.3, 0.4) is 0 Å². The lowest BCUT2D eigenvalue weighted by atomic mass is 10.0. The van der Waals surface area contributed by atoms with Crippen LogP contribution in [0.1, 0.15) is 29.5 Å². The minimum atomic E-state index is -4.40. The molecule has 1 aliphatic rings. The predicted molar refractivity (Wildman–Crippen MR) is 108 cm³/mol. The van der Waals surface area contributed by atoms with Crippen LogP contribution in [0.5, 0.6) is 0 Å². The second-order valence-electron chi connectivity index (χ2n) is 7.74. The molecule has 4 rings (SSSR count). The van der Waals surface area contributed by atoms with E-state index in [-0.39, 0.29) is 12.5 Å². The summed E-state index contributed by atoms with van der Waals surface area (Å²) >= 11 is 0. The maximum atomic E-state index is 13.1. The predicted octanol–water partition coefficient (Wildman–Crippen LogP) is 4.43. The van der Waals surface area contributed by atoms with Crippen molar-refractivity contribution in [2.45, 2.75) is 45.5 Å². The van der Waals surface area contributed by atoms with Crippen molar-refractivity contribution >= 4 is 28.4 Å². The number of hydrogen-bond donors (Lipinski definition) is 1. The van der Waals surface area contributed by atoms with E-state index in [4.69, 9.17) is 0 Å². The largest absolute Gasteiger partial charge is 0.416 e. The molecule has 0 saturated heterocycles. The summed E-state index contributed by atoms with van der Waals surface area (Å²) in [5.74, 6) is 0.442. The number of rotatable bonds is 5. The second-order valence-corrected chi connectivity index (χ2v) is 7.74. The molecule has 1 amide bonds. The van der Waals surface area contributed by atoms with E-state index in [9.17, 15) is 18.0 Å². The van der Waals surface area contributed by atoms with Gasteiger partial charge in [-0.1, -0.05) is 0 Å². The smallest absolute Gasteiger partial charge is 0.341 e. The van der Waals surface area contributed by atoms with Gasteiger partial charge in [0.2, 0.25) is 5.91 Å². The van der Waals surface area contributed by atoms with Crippen LogP contribution in [0.4, 0.5) is 24.7 Å². The van der Waals surface area contributed by atoms with Crippen LogP contribution < -0.4 is 5.32 Å². The molecule has 0 spiro atoms. The van der Waals surface area contributed by atoms with Crippen LogP contribution in [-0.4, -0.2) is 38.4 Å². The van der Waals surface area contributed by atoms with Crippen molar-refractivity contribution in [1.82, 2.24) is 19.4 Å². The number of likely N-dealkylation sites (N-methyl/N-ethyl adjacent to an activating group) is 1. The molecule has 158 valence electrons. The van der Waals surface area contributed by atoms with Gasteiger partial charge in [-0.05, 0) is 56.0 Å². The van der Waals surface area contributed by atoms with Gasteiger partial charge in [-0.2, -0.15) is 13.2 Å². The van der Waals surface area contributed by atoms with Crippen molar-refractivity contribution in [2.24, 2.45) is 0 Å². The molecule has 2 aromatic heterocycles. The number of imidazole rings is 1. The number of benzene rings is 1. The number of hydrogen-bond acceptors (Lipinski definition) is 4. The summed E-state index contributed by atoms with van der Waals surface area (Å²) in [6.07, 6.45) is 0.855. The number of anilines is 2. The normalized spacial score (nSPS) is 14.2. The van der Waals surface area contributed by atoms with Gasteiger partial charge in [-0.3, -0.25) is 4.79 Å². The number of halogens is 3. The Balaban J connectivity index is 1.63. The molecule has 0 unspecified atom stereocenters. The number of amides is 1. The Hall–Kier alpha value is -3.10. The molecule has 0 atom stereocenters. The third kappa shape index (κ3) is 3.83. The average Bonchev–Trinajstić information content (AvgIpc) is 3.45. The first kappa shape index (κ1) is 20.2. The molecular formula is C21H22F3N5O. The van der Waals surface area contributed by atoms with E-state index in [0.717, 1.165) is 30.5 Å². The van der Waals surface area contributed by atoms with Crippen molar-refractivity contribution in [1.29, 1.82) is 0 Å². The van der Waals surface area contributed by atoms with E-state index in [1.165, 1.54) is 0 Å². The van der Waals surface area contributed by atoms with Gasteiger partial charge < -0.3 is 14.8 Å². The lowest BCUT2D eigenvalue weighted by Gasteiger charge is -2.17. The lowest BCUT2D eigenvalue weighted by Crippen LogP contribution is -2.31. The number of nitrogens with zero attached hydrogens (tertiary/aromatic N) is 4. The molecule has 3 aromatic rings. The molecule has 1 saturated carbocycles. The number of fused-ring (bicyclic) bond motifs is 1. The number of carbonyl (C=O) groups excluding carboxylic acids is 1. The summed E-state index contributed by atoms with van der Waals surface area (Å²) in [7, 11) is 1.81. The summed E-state index contributed by atoms with van der Waals surface area (Å²) in [6.45, 7) is 3.41. The summed E-state index contributed by atoms with van der Waals surface area (Å²) in [6, 6.07) is 4.32. The number of alkyl halides is 3. The third-order valence-corrected chi connectivity index (χ3v) is 5.44. The van der Waals surface area contributed by atoms with Gasteiger partial charge in [0.1, 0.15) is 12.1 Å². The van der Waals surface area contributed by atoms with Gasteiger partial charge in [0.25, 0.3) is 0 Å². The average molecular weight is 417 g/mol. The molecule has 0 bridgehead atoms. The van der Waals surface area contributed by atoms with Crippen molar-refractivity contribution in [2.75, 3.05) is 12.4 Å². The van der Waals surface area contributed by atoms with Gasteiger partial charge in [0, 0.05) is 25.0 Å². The first-order chi connectivity index (χ1) is 14.1. The van der Waals surface area contributed by atoms with E-state index in [1.807, 2.05) is 7.05 Å². The highest BCUT2D eigenvalue weighted by Gasteiger charge is 2.32. The second kappa shape index (κ2) is 7.30. The zero-order chi connectivity index (χ0) is 21.6. The fourth-order valence-corrected chi connectivity index (χ4v) is 3.58. The summed E-state index contributed by atoms with van der Waals surface area (Å²) in [5.41, 5.74) is 2.08. The zero-order valence-corrected chi connectivity index (χ0v) is 16.9. The molecule has 1 fully saturated rings. The van der Waals surface area contributed by atoms with E-state index in [2.05, 4.69) is 15.3 Å². The van der Waals surface area contributed by atoms with Crippen LogP contribution in [0.25, 0.3) is 11.0 Å². The van der Waals surface area contributed by atoms with Gasteiger partial charge in [-0.25, -0.2) is 9.97 Å². The van der Waals surface area contributed by atoms with Crippen LogP contribution in [0, 0.1) is 13.8 Å². The van der Waals surface area contributed by atoms with Crippen LogP contribution in [-0.2, 0) is 17.5 Å². The first-order valence-corrected chi connectivity index (χ1v) is 9.66. The summed E-state index contributed by atoms with van der Waals surface area (Å²) in [4.78, 5) is 22.9. The molecule has 2 heterocycles. The molecule has 30 heavy (non-hydrogen) atoms. The standard InChI is InChI=1S/C21H22F3N5O/c1-12-8-14(21(22,23)24)9-13(2)18(12)27-20-19-16(6-7-25-20)29(11-26-19)10-17(30)28(3)15-4-5-15/h6-9,11,15H,4-5,10H2,1-3H3,(H,25,27). The molecule has 0 aliphatic heterocycles. The Morgan fingerprint density at radius 3 is 2.50 bits per heavy atom. The fourth-order valence-electron chi connectivity index (χ4n) is 3.58. The number of pyridine rings is 1.